The van der Waals surface area contributed by atoms with Crippen molar-refractivity contribution >= 4 is 15.8 Å². The Kier molecular flexibility index (Phi) is 6.69. The molecular weight excluding hydrogens is 460 g/mol. The minimum atomic E-state index is -3.69. The van der Waals surface area contributed by atoms with Crippen LogP contribution in [0, 0.1) is 17.8 Å². The molecule has 0 amide bonds. The first-order valence-electron chi connectivity index (χ1n) is 13.0. The van der Waals surface area contributed by atoms with E-state index in [0.29, 0.717) is 11.5 Å². The molecule has 2 aromatic rings. The summed E-state index contributed by atoms with van der Waals surface area (Å²) in [4.78, 5) is 12.6. The Morgan fingerprint density at radius 3 is 2.11 bits per heavy atom. The molecule has 0 aliphatic heterocycles. The monoisotopic (exact) mass is 496 g/mol. The molecule has 6 rings (SSSR count). The molecule has 0 atom stereocenters. The summed E-state index contributed by atoms with van der Waals surface area (Å²) in [6.07, 6.45) is 9.37. The van der Waals surface area contributed by atoms with Crippen LogP contribution in [0.1, 0.15) is 69.4 Å². The second-order valence-electron chi connectivity index (χ2n) is 11.0. The fourth-order valence-corrected chi connectivity index (χ4v) is 8.47. The van der Waals surface area contributed by atoms with Crippen molar-refractivity contribution in [3.05, 3.63) is 53.6 Å². The number of carbonyl (C=O) groups excluding carboxylic acids is 1. The van der Waals surface area contributed by atoms with Crippen molar-refractivity contribution in [3.8, 4) is 5.75 Å². The maximum Gasteiger partial charge on any atom is 0.310 e. The van der Waals surface area contributed by atoms with E-state index < -0.39 is 9.84 Å². The zero-order valence-electron chi connectivity index (χ0n) is 20.8. The standard InChI is InChI=1S/C29H36O5S/c1-3-4-11-34-28(30)15-20-5-7-24(8-6-20)35(31,32)25-9-10-27(33-2)26(16-25)29-17-21-12-22(18-29)14-23(13-21)19-29/h5-10,16,21-23H,3-4,11-15,17-19H2,1-2H3. The lowest BCUT2D eigenvalue weighted by atomic mass is 9.48. The molecule has 0 spiro atoms. The van der Waals surface area contributed by atoms with Crippen molar-refractivity contribution in [2.24, 2.45) is 17.8 Å². The van der Waals surface area contributed by atoms with E-state index >= 15 is 0 Å². The third kappa shape index (κ3) is 4.74. The van der Waals surface area contributed by atoms with Gasteiger partial charge in [0.25, 0.3) is 0 Å². The summed E-state index contributed by atoms with van der Waals surface area (Å²) >= 11 is 0. The number of rotatable bonds is 9. The Balaban J connectivity index is 1.40. The van der Waals surface area contributed by atoms with E-state index in [1.165, 1.54) is 19.3 Å². The molecule has 4 fully saturated rings. The summed E-state index contributed by atoms with van der Waals surface area (Å²) in [7, 11) is -2.01. The number of methoxy groups -OCH3 is 1. The first kappa shape index (κ1) is 24.4. The van der Waals surface area contributed by atoms with Gasteiger partial charge in [-0.15, -0.1) is 0 Å². The van der Waals surface area contributed by atoms with Gasteiger partial charge in [-0.05, 0) is 104 Å². The summed E-state index contributed by atoms with van der Waals surface area (Å²) in [5, 5.41) is 0. The highest BCUT2D eigenvalue weighted by molar-refractivity contribution is 7.91. The van der Waals surface area contributed by atoms with Gasteiger partial charge in [-0.3, -0.25) is 4.79 Å². The Bertz CT molecular complexity index is 1150. The number of carbonyl (C=O) groups is 1. The maximum atomic E-state index is 13.6. The lowest BCUT2D eigenvalue weighted by Crippen LogP contribution is -2.48. The molecule has 0 aromatic heterocycles. The molecule has 188 valence electrons. The van der Waals surface area contributed by atoms with Crippen LogP contribution < -0.4 is 4.74 Å². The van der Waals surface area contributed by atoms with Crippen molar-refractivity contribution in [2.75, 3.05) is 13.7 Å². The van der Waals surface area contributed by atoms with Crippen LogP contribution in [0.25, 0.3) is 0 Å². The zero-order chi connectivity index (χ0) is 24.6. The molecule has 35 heavy (non-hydrogen) atoms. The maximum absolute atomic E-state index is 13.6. The van der Waals surface area contributed by atoms with Crippen LogP contribution >= 0.6 is 0 Å². The van der Waals surface area contributed by atoms with Gasteiger partial charge in [-0.25, -0.2) is 8.42 Å². The average Bonchev–Trinajstić information content (AvgIpc) is 2.83. The van der Waals surface area contributed by atoms with Gasteiger partial charge in [0.1, 0.15) is 5.75 Å². The second-order valence-corrected chi connectivity index (χ2v) is 12.9. The van der Waals surface area contributed by atoms with Crippen LogP contribution in [0.5, 0.6) is 5.75 Å². The van der Waals surface area contributed by atoms with Gasteiger partial charge in [0.2, 0.25) is 9.84 Å². The van der Waals surface area contributed by atoms with Crippen LogP contribution in [0.2, 0.25) is 0 Å². The third-order valence-corrected chi connectivity index (χ3v) is 10.2. The lowest BCUT2D eigenvalue weighted by Gasteiger charge is -2.57. The molecule has 0 radical (unpaired) electrons. The van der Waals surface area contributed by atoms with Gasteiger partial charge < -0.3 is 9.47 Å². The SMILES string of the molecule is CCCCOC(=O)Cc1ccc(S(=O)(=O)c2ccc(OC)c(C34CC5CC(CC(C5)C3)C4)c2)cc1. The molecular formula is C29H36O5S. The zero-order valence-corrected chi connectivity index (χ0v) is 21.6. The quantitative estimate of drug-likeness (QED) is 0.320. The number of unbranched alkanes of at least 4 members (excludes halogenated alkanes) is 1. The number of hydrogen-bond donors (Lipinski definition) is 0. The highest BCUT2D eigenvalue weighted by atomic mass is 32.2. The van der Waals surface area contributed by atoms with Gasteiger partial charge in [0.15, 0.2) is 0 Å². The minimum Gasteiger partial charge on any atom is -0.496 e. The van der Waals surface area contributed by atoms with Crippen LogP contribution in [0.4, 0.5) is 0 Å². The topological polar surface area (TPSA) is 69.7 Å². The smallest absolute Gasteiger partial charge is 0.310 e. The molecule has 4 bridgehead atoms. The van der Waals surface area contributed by atoms with Crippen molar-refractivity contribution in [2.45, 2.75) is 79.9 Å². The Hall–Kier alpha value is -2.34. The predicted octanol–water partition coefficient (Wildman–Crippen LogP) is 5.88. The number of sulfone groups is 1. The molecule has 0 saturated heterocycles. The largest absolute Gasteiger partial charge is 0.496 e. The fraction of sp³-hybridized carbons (Fsp3) is 0.552. The van der Waals surface area contributed by atoms with E-state index in [0.717, 1.165) is 66.7 Å². The summed E-state index contributed by atoms with van der Waals surface area (Å²) in [6, 6.07) is 12.0. The Morgan fingerprint density at radius 2 is 1.54 bits per heavy atom. The molecule has 4 saturated carbocycles. The Labute approximate surface area is 209 Å². The van der Waals surface area contributed by atoms with Gasteiger partial charge in [-0.2, -0.15) is 0 Å². The van der Waals surface area contributed by atoms with E-state index in [9.17, 15) is 13.2 Å². The summed E-state index contributed by atoms with van der Waals surface area (Å²) in [6.45, 7) is 2.47. The van der Waals surface area contributed by atoms with Crippen LogP contribution in [-0.2, 0) is 31.2 Å². The molecule has 4 aliphatic carbocycles. The van der Waals surface area contributed by atoms with Crippen molar-refractivity contribution in [3.63, 3.8) is 0 Å². The number of ether oxygens (including phenoxy) is 2. The summed E-state index contributed by atoms with van der Waals surface area (Å²) < 4.78 is 38.2. The highest BCUT2D eigenvalue weighted by Crippen LogP contribution is 2.62. The van der Waals surface area contributed by atoms with Crippen molar-refractivity contribution in [1.29, 1.82) is 0 Å². The minimum absolute atomic E-state index is 0.0353. The van der Waals surface area contributed by atoms with Crippen molar-refractivity contribution in [1.82, 2.24) is 0 Å². The molecule has 0 N–H and O–H groups in total. The molecule has 0 unspecified atom stereocenters. The second kappa shape index (κ2) is 9.61. The Morgan fingerprint density at radius 1 is 0.943 bits per heavy atom. The van der Waals surface area contributed by atoms with Crippen LogP contribution in [0.3, 0.4) is 0 Å². The third-order valence-electron chi connectivity index (χ3n) is 8.43. The van der Waals surface area contributed by atoms with Gasteiger partial charge in [0.05, 0.1) is 29.9 Å². The molecule has 4 aliphatic rings. The number of esters is 1. The van der Waals surface area contributed by atoms with Gasteiger partial charge in [0, 0.05) is 5.56 Å². The summed E-state index contributed by atoms with van der Waals surface area (Å²) in [5.41, 5.74) is 1.86. The normalized spacial score (nSPS) is 27.1. The summed E-state index contributed by atoms with van der Waals surface area (Å²) in [5.74, 6) is 2.79. The van der Waals surface area contributed by atoms with Gasteiger partial charge in [-0.1, -0.05) is 25.5 Å². The average molecular weight is 497 g/mol. The van der Waals surface area contributed by atoms with E-state index in [1.54, 1.807) is 37.4 Å². The molecule has 2 aromatic carbocycles. The molecule has 6 heteroatoms. The molecule has 0 heterocycles. The van der Waals surface area contributed by atoms with Gasteiger partial charge >= 0.3 is 5.97 Å². The van der Waals surface area contributed by atoms with Crippen molar-refractivity contribution < 1.29 is 22.7 Å². The predicted molar refractivity (Wildman–Crippen MR) is 134 cm³/mol. The number of hydrogen-bond acceptors (Lipinski definition) is 5. The van der Waals surface area contributed by atoms with Crippen LogP contribution in [0.15, 0.2) is 52.3 Å². The van der Waals surface area contributed by atoms with E-state index in [2.05, 4.69) is 0 Å². The lowest BCUT2D eigenvalue weighted by molar-refractivity contribution is -0.142. The first-order valence-corrected chi connectivity index (χ1v) is 14.5. The number of benzene rings is 2. The van der Waals surface area contributed by atoms with E-state index in [-0.39, 0.29) is 22.7 Å². The first-order chi connectivity index (χ1) is 16.8. The van der Waals surface area contributed by atoms with Crippen LogP contribution in [-0.4, -0.2) is 28.1 Å². The fourth-order valence-electron chi connectivity index (χ4n) is 7.18. The molecule has 5 nitrogen and oxygen atoms in total. The van der Waals surface area contributed by atoms with E-state index in [1.807, 2.05) is 19.1 Å². The highest BCUT2D eigenvalue weighted by Gasteiger charge is 2.52. The van der Waals surface area contributed by atoms with E-state index in [4.69, 9.17) is 9.47 Å².